The first-order valence-corrected chi connectivity index (χ1v) is 9.50. The van der Waals surface area contributed by atoms with Crippen LogP contribution in [0.4, 0.5) is 0 Å². The zero-order valence-electron chi connectivity index (χ0n) is 13.3. The van der Waals surface area contributed by atoms with Crippen molar-refractivity contribution >= 4 is 27.3 Å². The predicted molar refractivity (Wildman–Crippen MR) is 91.8 cm³/mol. The maximum absolute atomic E-state index is 12.5. The van der Waals surface area contributed by atoms with Gasteiger partial charge in [0.25, 0.3) is 10.0 Å². The molecule has 0 aliphatic heterocycles. The van der Waals surface area contributed by atoms with Gasteiger partial charge in [-0.25, -0.2) is 13.1 Å². The molecule has 0 saturated heterocycles. The molecule has 0 bridgehead atoms. The van der Waals surface area contributed by atoms with Gasteiger partial charge in [0.2, 0.25) is 5.91 Å². The predicted octanol–water partition coefficient (Wildman–Crippen LogP) is 2.73. The number of aryl methyl sites for hydroxylation is 1. The summed E-state index contributed by atoms with van der Waals surface area (Å²) in [5.74, 6) is -0.144. The Balaban J connectivity index is 2.13. The van der Waals surface area contributed by atoms with Crippen LogP contribution >= 0.6 is 11.3 Å². The van der Waals surface area contributed by atoms with Crippen molar-refractivity contribution in [2.75, 3.05) is 0 Å². The number of benzene rings is 1. The molecule has 23 heavy (non-hydrogen) atoms. The molecule has 1 amide bonds. The van der Waals surface area contributed by atoms with Crippen molar-refractivity contribution in [2.45, 2.75) is 37.6 Å². The number of nitrogens with one attached hydrogen (secondary N) is 2. The normalized spacial score (nSPS) is 12.8. The van der Waals surface area contributed by atoms with E-state index in [0.29, 0.717) is 6.54 Å². The Bertz CT molecular complexity index is 797. The van der Waals surface area contributed by atoms with Crippen LogP contribution in [0.15, 0.2) is 40.6 Å². The lowest BCUT2D eigenvalue weighted by Crippen LogP contribution is -2.26. The van der Waals surface area contributed by atoms with Crippen LogP contribution in [0.1, 0.15) is 35.9 Å². The fourth-order valence-corrected chi connectivity index (χ4v) is 4.77. The molecular formula is C16H20N2O3S2. The molecule has 1 aromatic carbocycles. The topological polar surface area (TPSA) is 75.3 Å². The van der Waals surface area contributed by atoms with Gasteiger partial charge in [0, 0.05) is 17.8 Å². The Kier molecular flexibility index (Phi) is 5.56. The number of carbonyl (C=O) groups excluding carboxylic acids is 1. The summed E-state index contributed by atoms with van der Waals surface area (Å²) >= 11 is 1.16. The molecule has 0 unspecified atom stereocenters. The van der Waals surface area contributed by atoms with Crippen LogP contribution in [0.2, 0.25) is 0 Å². The van der Waals surface area contributed by atoms with Crippen molar-refractivity contribution in [1.82, 2.24) is 10.0 Å². The van der Waals surface area contributed by atoms with E-state index in [0.717, 1.165) is 27.3 Å². The first-order chi connectivity index (χ1) is 10.8. The van der Waals surface area contributed by atoms with Crippen molar-refractivity contribution in [2.24, 2.45) is 0 Å². The Morgan fingerprint density at radius 1 is 1.22 bits per heavy atom. The largest absolute Gasteiger partial charge is 0.351 e. The van der Waals surface area contributed by atoms with E-state index in [1.807, 2.05) is 38.1 Å². The molecule has 124 valence electrons. The lowest BCUT2D eigenvalue weighted by Gasteiger charge is -2.16. The zero-order valence-corrected chi connectivity index (χ0v) is 14.9. The number of thiophene rings is 1. The molecule has 2 aromatic rings. The van der Waals surface area contributed by atoms with Gasteiger partial charge in [-0.3, -0.25) is 4.79 Å². The summed E-state index contributed by atoms with van der Waals surface area (Å²) in [6.07, 6.45) is 0. The second-order valence-corrected chi connectivity index (χ2v) is 8.44. The third kappa shape index (κ3) is 4.63. The molecule has 0 aliphatic carbocycles. The molecule has 0 spiro atoms. The van der Waals surface area contributed by atoms with Crippen molar-refractivity contribution in [3.63, 3.8) is 0 Å². The van der Waals surface area contributed by atoms with Gasteiger partial charge < -0.3 is 5.32 Å². The van der Waals surface area contributed by atoms with Gasteiger partial charge in [0.05, 0.1) is 6.54 Å². The van der Waals surface area contributed by atoms with E-state index in [1.165, 1.54) is 6.92 Å². The van der Waals surface area contributed by atoms with E-state index in [4.69, 9.17) is 0 Å². The van der Waals surface area contributed by atoms with Crippen LogP contribution < -0.4 is 10.0 Å². The second kappa shape index (κ2) is 7.25. The highest BCUT2D eigenvalue weighted by Gasteiger charge is 2.21. The summed E-state index contributed by atoms with van der Waals surface area (Å²) in [7, 11) is -3.59. The fraction of sp³-hybridized carbons (Fsp3) is 0.312. The molecular weight excluding hydrogens is 332 g/mol. The molecule has 1 heterocycles. The maximum atomic E-state index is 12.5. The summed E-state index contributed by atoms with van der Waals surface area (Å²) in [5.41, 5.74) is 1.99. The summed E-state index contributed by atoms with van der Waals surface area (Å²) in [5, 5.41) is 2.66. The number of rotatable bonds is 6. The standard InChI is InChI=1S/C16H20N2O3S2/c1-11-6-4-5-7-15(11)12(2)18-23(20,21)16-9-8-14(22-16)10-17-13(3)19/h4-9,12,18H,10H2,1-3H3,(H,17,19)/t12-/m0/s1. The van der Waals surface area contributed by atoms with Gasteiger partial charge in [-0.2, -0.15) is 0 Å². The second-order valence-electron chi connectivity index (χ2n) is 5.33. The SMILES string of the molecule is CC(=O)NCc1ccc(S(=O)(=O)N[C@@H](C)c2ccccc2C)s1. The van der Waals surface area contributed by atoms with Crippen LogP contribution in [0.25, 0.3) is 0 Å². The van der Waals surface area contributed by atoms with E-state index in [2.05, 4.69) is 10.0 Å². The number of carbonyl (C=O) groups is 1. The van der Waals surface area contributed by atoms with Gasteiger partial charge in [-0.1, -0.05) is 24.3 Å². The molecule has 0 radical (unpaired) electrons. The smallest absolute Gasteiger partial charge is 0.250 e. The summed E-state index contributed by atoms with van der Waals surface area (Å²) in [6, 6.07) is 10.7. The molecule has 0 saturated carbocycles. The van der Waals surface area contributed by atoms with Crippen molar-refractivity contribution < 1.29 is 13.2 Å². The van der Waals surface area contributed by atoms with E-state index < -0.39 is 10.0 Å². The summed E-state index contributed by atoms with van der Waals surface area (Å²) < 4.78 is 27.9. The average molecular weight is 352 g/mol. The van der Waals surface area contributed by atoms with Crippen LogP contribution in [-0.4, -0.2) is 14.3 Å². The minimum Gasteiger partial charge on any atom is -0.351 e. The van der Waals surface area contributed by atoms with E-state index in [-0.39, 0.29) is 16.2 Å². The monoisotopic (exact) mass is 352 g/mol. The molecule has 7 heteroatoms. The quantitative estimate of drug-likeness (QED) is 0.839. The lowest BCUT2D eigenvalue weighted by atomic mass is 10.0. The summed E-state index contributed by atoms with van der Waals surface area (Å²) in [6.45, 7) is 5.54. The molecule has 5 nitrogen and oxygen atoms in total. The highest BCUT2D eigenvalue weighted by molar-refractivity contribution is 7.91. The van der Waals surface area contributed by atoms with Crippen molar-refractivity contribution in [3.05, 3.63) is 52.4 Å². The zero-order chi connectivity index (χ0) is 17.0. The average Bonchev–Trinajstić information content (AvgIpc) is 2.94. The highest BCUT2D eigenvalue weighted by atomic mass is 32.2. The van der Waals surface area contributed by atoms with E-state index in [9.17, 15) is 13.2 Å². The summed E-state index contributed by atoms with van der Waals surface area (Å²) in [4.78, 5) is 11.7. The van der Waals surface area contributed by atoms with Gasteiger partial charge in [-0.05, 0) is 37.1 Å². The fourth-order valence-electron chi connectivity index (χ4n) is 2.24. The minimum atomic E-state index is -3.59. The maximum Gasteiger partial charge on any atom is 0.250 e. The Morgan fingerprint density at radius 2 is 1.91 bits per heavy atom. The van der Waals surface area contributed by atoms with Crippen LogP contribution in [0.5, 0.6) is 0 Å². The van der Waals surface area contributed by atoms with E-state index in [1.54, 1.807) is 12.1 Å². The van der Waals surface area contributed by atoms with Gasteiger partial charge in [-0.15, -0.1) is 11.3 Å². The van der Waals surface area contributed by atoms with Gasteiger partial charge in [0.1, 0.15) is 4.21 Å². The first-order valence-electron chi connectivity index (χ1n) is 7.20. The molecule has 1 aromatic heterocycles. The van der Waals surface area contributed by atoms with Crippen LogP contribution in [-0.2, 0) is 21.4 Å². The van der Waals surface area contributed by atoms with Gasteiger partial charge >= 0.3 is 0 Å². The number of hydrogen-bond acceptors (Lipinski definition) is 4. The molecule has 2 N–H and O–H groups in total. The molecule has 2 rings (SSSR count). The third-order valence-corrected chi connectivity index (χ3v) is 6.52. The molecule has 1 atom stereocenters. The first kappa shape index (κ1) is 17.7. The lowest BCUT2D eigenvalue weighted by molar-refractivity contribution is -0.119. The Hall–Kier alpha value is -1.70. The number of amides is 1. The number of hydrogen-bond donors (Lipinski definition) is 2. The minimum absolute atomic E-state index is 0.144. The van der Waals surface area contributed by atoms with Gasteiger partial charge in [0.15, 0.2) is 0 Å². The van der Waals surface area contributed by atoms with Crippen LogP contribution in [0.3, 0.4) is 0 Å². The molecule has 0 aliphatic rings. The van der Waals surface area contributed by atoms with Crippen LogP contribution in [0, 0.1) is 6.92 Å². The Morgan fingerprint density at radius 3 is 2.57 bits per heavy atom. The number of sulfonamides is 1. The van der Waals surface area contributed by atoms with E-state index >= 15 is 0 Å². The van der Waals surface area contributed by atoms with Crippen molar-refractivity contribution in [3.8, 4) is 0 Å². The molecule has 0 fully saturated rings. The third-order valence-electron chi connectivity index (χ3n) is 3.40. The Labute approximate surface area is 140 Å². The highest BCUT2D eigenvalue weighted by Crippen LogP contribution is 2.24. The van der Waals surface area contributed by atoms with Crippen molar-refractivity contribution in [1.29, 1.82) is 0 Å².